The van der Waals surface area contributed by atoms with Crippen LogP contribution in [0.4, 0.5) is 0 Å². The van der Waals surface area contributed by atoms with Crippen molar-refractivity contribution < 1.29 is 4.42 Å². The Balaban J connectivity index is 1.46. The van der Waals surface area contributed by atoms with Crippen molar-refractivity contribution in [3.05, 3.63) is 54.3 Å². The minimum Gasteiger partial charge on any atom is -0.461 e. The van der Waals surface area contributed by atoms with Gasteiger partial charge in [0.25, 0.3) is 0 Å². The molecule has 0 aliphatic heterocycles. The van der Waals surface area contributed by atoms with Gasteiger partial charge in [0, 0.05) is 11.8 Å². The first-order valence-corrected chi connectivity index (χ1v) is 10.9. The van der Waals surface area contributed by atoms with E-state index in [1.807, 2.05) is 12.1 Å². The normalized spacial score (nSPS) is 25.1. The summed E-state index contributed by atoms with van der Waals surface area (Å²) >= 11 is 1.77. The molecule has 5 heteroatoms. The van der Waals surface area contributed by atoms with E-state index in [0.29, 0.717) is 6.04 Å². The molecule has 4 nitrogen and oxygen atoms in total. The van der Waals surface area contributed by atoms with Gasteiger partial charge in [-0.05, 0) is 61.6 Å². The van der Waals surface area contributed by atoms with E-state index in [-0.39, 0.29) is 0 Å². The number of hydrogen-bond donors (Lipinski definition) is 0. The highest BCUT2D eigenvalue weighted by atomic mass is 32.2. The monoisotopic (exact) mass is 379 g/mol. The Labute approximate surface area is 164 Å². The first-order chi connectivity index (χ1) is 13.3. The van der Waals surface area contributed by atoms with Crippen LogP contribution in [0.5, 0.6) is 0 Å². The summed E-state index contributed by atoms with van der Waals surface area (Å²) < 4.78 is 8.02. The van der Waals surface area contributed by atoms with Gasteiger partial charge < -0.3 is 4.42 Å². The summed E-state index contributed by atoms with van der Waals surface area (Å²) in [5.41, 5.74) is 1.31. The Kier molecular flexibility index (Phi) is 4.56. The molecule has 140 valence electrons. The van der Waals surface area contributed by atoms with Crippen LogP contribution >= 0.6 is 11.8 Å². The summed E-state index contributed by atoms with van der Waals surface area (Å²) in [6.07, 6.45) is 7.30. The molecule has 0 saturated heterocycles. The summed E-state index contributed by atoms with van der Waals surface area (Å²) in [7, 11) is 0. The maximum atomic E-state index is 5.68. The summed E-state index contributed by atoms with van der Waals surface area (Å²) in [6, 6.07) is 14.9. The molecular formula is C22H25N3OS. The van der Waals surface area contributed by atoms with E-state index in [9.17, 15) is 0 Å². The lowest BCUT2D eigenvalue weighted by molar-refractivity contribution is 0.235. The van der Waals surface area contributed by atoms with Crippen molar-refractivity contribution in [2.45, 2.75) is 49.6 Å². The van der Waals surface area contributed by atoms with Crippen molar-refractivity contribution in [2.24, 2.45) is 17.8 Å². The van der Waals surface area contributed by atoms with Crippen molar-refractivity contribution >= 4 is 11.8 Å². The van der Waals surface area contributed by atoms with E-state index in [1.54, 1.807) is 18.0 Å². The van der Waals surface area contributed by atoms with Crippen molar-refractivity contribution in [3.8, 4) is 11.6 Å². The third-order valence-corrected chi connectivity index (χ3v) is 7.45. The highest BCUT2D eigenvalue weighted by Gasteiger charge is 2.43. The maximum absolute atomic E-state index is 5.68. The van der Waals surface area contributed by atoms with Crippen LogP contribution in [0.3, 0.4) is 0 Å². The van der Waals surface area contributed by atoms with E-state index in [1.165, 1.54) is 31.2 Å². The van der Waals surface area contributed by atoms with Gasteiger partial charge in [-0.15, -0.1) is 10.2 Å². The van der Waals surface area contributed by atoms with Crippen molar-refractivity contribution in [1.29, 1.82) is 0 Å². The van der Waals surface area contributed by atoms with Crippen LogP contribution in [0.25, 0.3) is 11.6 Å². The zero-order valence-corrected chi connectivity index (χ0v) is 16.4. The molecule has 2 aromatic heterocycles. The average molecular weight is 380 g/mol. The molecule has 27 heavy (non-hydrogen) atoms. The molecule has 2 bridgehead atoms. The molecule has 4 unspecified atom stereocenters. The van der Waals surface area contributed by atoms with Crippen LogP contribution < -0.4 is 0 Å². The van der Waals surface area contributed by atoms with Gasteiger partial charge in [-0.25, -0.2) is 0 Å². The quantitative estimate of drug-likeness (QED) is 0.506. The Bertz CT molecular complexity index is 890. The molecule has 2 fully saturated rings. The topological polar surface area (TPSA) is 43.9 Å². The summed E-state index contributed by atoms with van der Waals surface area (Å²) in [4.78, 5) is 0. The molecule has 2 aliphatic rings. The fraction of sp³-hybridized carbons (Fsp3) is 0.455. The predicted octanol–water partition coefficient (Wildman–Crippen LogP) is 5.83. The van der Waals surface area contributed by atoms with Crippen LogP contribution in [-0.4, -0.2) is 14.8 Å². The first-order valence-electron chi connectivity index (χ1n) is 9.95. The number of rotatable bonds is 6. The lowest BCUT2D eigenvalue weighted by atomic mass is 9.84. The van der Waals surface area contributed by atoms with E-state index in [4.69, 9.17) is 4.42 Å². The van der Waals surface area contributed by atoms with E-state index in [0.717, 1.165) is 40.2 Å². The van der Waals surface area contributed by atoms with Crippen LogP contribution in [0.15, 0.2) is 58.3 Å². The van der Waals surface area contributed by atoms with E-state index < -0.39 is 0 Å². The minimum absolute atomic E-state index is 0.397. The number of aromatic nitrogens is 3. The molecule has 0 spiro atoms. The molecule has 0 amide bonds. The largest absolute Gasteiger partial charge is 0.461 e. The second-order valence-corrected chi connectivity index (χ2v) is 8.95. The molecule has 1 aromatic carbocycles. The standard InChI is InChI=1S/C22H25N3OS/c1-15(19-13-17-9-10-18(19)12-17)25-21(20-8-5-11-26-20)23-24-22(25)27-14-16-6-3-2-4-7-16/h2-8,11,15,17-19H,9-10,12-14H2,1H3. The fourth-order valence-electron chi connectivity index (χ4n) is 5.11. The zero-order chi connectivity index (χ0) is 18.2. The Morgan fingerprint density at radius 2 is 2.00 bits per heavy atom. The molecule has 5 rings (SSSR count). The van der Waals surface area contributed by atoms with Gasteiger partial charge in [0.1, 0.15) is 0 Å². The number of hydrogen-bond acceptors (Lipinski definition) is 4. The molecule has 2 saturated carbocycles. The van der Waals surface area contributed by atoms with Crippen LogP contribution in [-0.2, 0) is 5.75 Å². The second kappa shape index (κ2) is 7.19. The maximum Gasteiger partial charge on any atom is 0.200 e. The highest BCUT2D eigenvalue weighted by molar-refractivity contribution is 7.98. The molecule has 2 aliphatic carbocycles. The molecule has 3 aromatic rings. The Morgan fingerprint density at radius 3 is 2.70 bits per heavy atom. The van der Waals surface area contributed by atoms with Crippen molar-refractivity contribution in [2.75, 3.05) is 0 Å². The van der Waals surface area contributed by atoms with Gasteiger partial charge in [0.15, 0.2) is 10.9 Å². The lowest BCUT2D eigenvalue weighted by Crippen LogP contribution is -2.23. The highest BCUT2D eigenvalue weighted by Crippen LogP contribution is 2.53. The Hall–Kier alpha value is -2.01. The number of furan rings is 1. The number of nitrogens with zero attached hydrogens (tertiary/aromatic N) is 3. The molecule has 0 N–H and O–H groups in total. The SMILES string of the molecule is CC(C1CC2CCC1C2)n1c(SCc2ccccc2)nnc1-c1ccco1. The summed E-state index contributed by atoms with van der Waals surface area (Å²) in [5.74, 6) is 5.11. The van der Waals surface area contributed by atoms with Gasteiger partial charge in [-0.2, -0.15) is 0 Å². The molecule has 2 heterocycles. The smallest absolute Gasteiger partial charge is 0.200 e. The average Bonchev–Trinajstić information content (AvgIpc) is 3.50. The van der Waals surface area contributed by atoms with Crippen LogP contribution in [0.1, 0.15) is 44.2 Å². The zero-order valence-electron chi connectivity index (χ0n) is 15.6. The van der Waals surface area contributed by atoms with Gasteiger partial charge in [0.2, 0.25) is 5.82 Å². The van der Waals surface area contributed by atoms with E-state index >= 15 is 0 Å². The molecule has 0 radical (unpaired) electrons. The molecule has 4 atom stereocenters. The summed E-state index contributed by atoms with van der Waals surface area (Å²) in [5, 5.41) is 10.1. The van der Waals surface area contributed by atoms with Crippen molar-refractivity contribution in [3.63, 3.8) is 0 Å². The van der Waals surface area contributed by atoms with Gasteiger partial charge in [0.05, 0.1) is 6.26 Å². The number of benzene rings is 1. The molecular weight excluding hydrogens is 354 g/mol. The predicted molar refractivity (Wildman–Crippen MR) is 107 cm³/mol. The Morgan fingerprint density at radius 1 is 1.11 bits per heavy atom. The second-order valence-electron chi connectivity index (χ2n) is 8.01. The van der Waals surface area contributed by atoms with Crippen molar-refractivity contribution in [1.82, 2.24) is 14.8 Å². The van der Waals surface area contributed by atoms with Gasteiger partial charge >= 0.3 is 0 Å². The van der Waals surface area contributed by atoms with Crippen LogP contribution in [0.2, 0.25) is 0 Å². The lowest BCUT2D eigenvalue weighted by Gasteiger charge is -2.30. The first kappa shape index (κ1) is 17.1. The third-order valence-electron chi connectivity index (χ3n) is 6.44. The van der Waals surface area contributed by atoms with Crippen LogP contribution in [0, 0.1) is 17.8 Å². The number of fused-ring (bicyclic) bond motifs is 2. The third kappa shape index (κ3) is 3.22. The number of thioether (sulfide) groups is 1. The minimum atomic E-state index is 0.397. The summed E-state index contributed by atoms with van der Waals surface area (Å²) in [6.45, 7) is 2.35. The van der Waals surface area contributed by atoms with Gasteiger partial charge in [-0.3, -0.25) is 4.57 Å². The fourth-order valence-corrected chi connectivity index (χ4v) is 6.09. The van der Waals surface area contributed by atoms with Gasteiger partial charge in [-0.1, -0.05) is 48.5 Å². The van der Waals surface area contributed by atoms with E-state index in [2.05, 4.69) is 52.0 Å².